The molecule has 0 aliphatic carbocycles. The largest absolute Gasteiger partial charge is 0.345 e. The molecule has 1 saturated heterocycles. The molecule has 28 heavy (non-hydrogen) atoms. The number of thiazole rings is 1. The second-order valence-electron chi connectivity index (χ2n) is 6.31. The predicted molar refractivity (Wildman–Crippen MR) is 111 cm³/mol. The summed E-state index contributed by atoms with van der Waals surface area (Å²) in [6, 6.07) is 9.51. The highest BCUT2D eigenvalue weighted by Gasteiger charge is 2.25. The molecule has 2 aromatic carbocycles. The Labute approximate surface area is 174 Å². The second kappa shape index (κ2) is 7.54. The maximum atomic E-state index is 12.7. The Balaban J connectivity index is 1.47. The molecule has 0 atom stereocenters. The molecule has 3 aromatic rings. The number of anilines is 1. The van der Waals surface area contributed by atoms with Crippen molar-refractivity contribution in [2.45, 2.75) is 0 Å². The highest BCUT2D eigenvalue weighted by molar-refractivity contribution is 7.22. The van der Waals surface area contributed by atoms with Gasteiger partial charge in [0.05, 0.1) is 25.7 Å². The van der Waals surface area contributed by atoms with E-state index in [1.54, 1.807) is 35.2 Å². The van der Waals surface area contributed by atoms with E-state index in [0.29, 0.717) is 41.8 Å². The fourth-order valence-electron chi connectivity index (χ4n) is 3.08. The van der Waals surface area contributed by atoms with Gasteiger partial charge in [-0.15, -0.1) is 0 Å². The van der Waals surface area contributed by atoms with E-state index in [0.717, 1.165) is 15.3 Å². The van der Waals surface area contributed by atoms with E-state index in [1.807, 2.05) is 0 Å². The van der Waals surface area contributed by atoms with Gasteiger partial charge in [0, 0.05) is 43.3 Å². The molecule has 1 aromatic heterocycles. The van der Waals surface area contributed by atoms with Gasteiger partial charge in [-0.3, -0.25) is 14.9 Å². The van der Waals surface area contributed by atoms with Crippen LogP contribution in [0.2, 0.25) is 10.0 Å². The average molecular weight is 437 g/mol. The predicted octanol–water partition coefficient (Wildman–Crippen LogP) is 4.47. The SMILES string of the molecule is O=C(c1ccc(Cl)cc1Cl)N1CCN(c2nc3ccc([N+](=O)[O-])cc3s2)CC1. The molecular formula is C18H14Cl2N4O3S. The highest BCUT2D eigenvalue weighted by Crippen LogP contribution is 2.32. The minimum Gasteiger partial charge on any atom is -0.345 e. The first-order chi connectivity index (χ1) is 13.4. The zero-order chi connectivity index (χ0) is 19.8. The average Bonchev–Trinajstić information content (AvgIpc) is 3.11. The summed E-state index contributed by atoms with van der Waals surface area (Å²) in [7, 11) is 0. The number of nitro groups is 1. The summed E-state index contributed by atoms with van der Waals surface area (Å²) in [5.41, 5.74) is 1.22. The van der Waals surface area contributed by atoms with Crippen LogP contribution in [0.5, 0.6) is 0 Å². The molecule has 0 saturated carbocycles. The zero-order valence-electron chi connectivity index (χ0n) is 14.5. The van der Waals surface area contributed by atoms with Crippen LogP contribution < -0.4 is 4.90 Å². The summed E-state index contributed by atoms with van der Waals surface area (Å²) >= 11 is 13.5. The van der Waals surface area contributed by atoms with Gasteiger partial charge in [0.2, 0.25) is 0 Å². The Kier molecular flexibility index (Phi) is 5.09. The Bertz CT molecular complexity index is 1080. The van der Waals surface area contributed by atoms with Crippen LogP contribution in [0, 0.1) is 10.1 Å². The van der Waals surface area contributed by atoms with Gasteiger partial charge in [-0.1, -0.05) is 34.5 Å². The third-order valence-electron chi connectivity index (χ3n) is 4.57. The van der Waals surface area contributed by atoms with E-state index in [4.69, 9.17) is 23.2 Å². The minimum absolute atomic E-state index is 0.0537. The Morgan fingerprint density at radius 1 is 1.11 bits per heavy atom. The maximum Gasteiger partial charge on any atom is 0.270 e. The minimum atomic E-state index is -0.412. The highest BCUT2D eigenvalue weighted by atomic mass is 35.5. The van der Waals surface area contributed by atoms with Gasteiger partial charge in [0.25, 0.3) is 11.6 Å². The number of amides is 1. The van der Waals surface area contributed by atoms with E-state index >= 15 is 0 Å². The van der Waals surface area contributed by atoms with Crippen LogP contribution in [-0.4, -0.2) is 46.9 Å². The first kappa shape index (κ1) is 18.9. The molecular weight excluding hydrogens is 423 g/mol. The molecule has 10 heteroatoms. The van der Waals surface area contributed by atoms with Crippen LogP contribution in [0.4, 0.5) is 10.8 Å². The molecule has 1 aliphatic rings. The number of carbonyl (C=O) groups is 1. The number of piperazine rings is 1. The first-order valence-electron chi connectivity index (χ1n) is 8.46. The summed E-state index contributed by atoms with van der Waals surface area (Å²) in [4.78, 5) is 31.7. The Morgan fingerprint density at radius 2 is 1.86 bits per heavy atom. The van der Waals surface area contributed by atoms with Crippen molar-refractivity contribution in [1.82, 2.24) is 9.88 Å². The topological polar surface area (TPSA) is 79.6 Å². The van der Waals surface area contributed by atoms with E-state index in [1.165, 1.54) is 17.4 Å². The lowest BCUT2D eigenvalue weighted by Gasteiger charge is -2.34. The lowest BCUT2D eigenvalue weighted by Crippen LogP contribution is -2.48. The van der Waals surface area contributed by atoms with Gasteiger partial charge in [-0.2, -0.15) is 0 Å². The third kappa shape index (κ3) is 3.63. The fraction of sp³-hybridized carbons (Fsp3) is 0.222. The number of carbonyl (C=O) groups excluding carboxylic acids is 1. The molecule has 1 fully saturated rings. The number of aromatic nitrogens is 1. The summed E-state index contributed by atoms with van der Waals surface area (Å²) in [6.07, 6.45) is 0. The third-order valence-corrected chi connectivity index (χ3v) is 6.20. The van der Waals surface area contributed by atoms with Crippen molar-refractivity contribution in [3.63, 3.8) is 0 Å². The van der Waals surface area contributed by atoms with Gasteiger partial charge >= 0.3 is 0 Å². The summed E-state index contributed by atoms with van der Waals surface area (Å²) < 4.78 is 0.774. The number of rotatable bonds is 3. The second-order valence-corrected chi connectivity index (χ2v) is 8.16. The fourth-order valence-corrected chi connectivity index (χ4v) is 4.62. The smallest absolute Gasteiger partial charge is 0.270 e. The summed E-state index contributed by atoms with van der Waals surface area (Å²) in [6.45, 7) is 2.32. The lowest BCUT2D eigenvalue weighted by molar-refractivity contribution is -0.384. The van der Waals surface area contributed by atoms with Crippen molar-refractivity contribution in [3.05, 3.63) is 62.1 Å². The number of benzene rings is 2. The van der Waals surface area contributed by atoms with E-state index in [9.17, 15) is 14.9 Å². The van der Waals surface area contributed by atoms with Crippen LogP contribution >= 0.6 is 34.5 Å². The van der Waals surface area contributed by atoms with Crippen LogP contribution in [0.15, 0.2) is 36.4 Å². The van der Waals surface area contributed by atoms with Gasteiger partial charge in [0.15, 0.2) is 5.13 Å². The van der Waals surface area contributed by atoms with E-state index < -0.39 is 4.92 Å². The lowest BCUT2D eigenvalue weighted by atomic mass is 10.2. The Morgan fingerprint density at radius 3 is 2.54 bits per heavy atom. The van der Waals surface area contributed by atoms with Crippen molar-refractivity contribution in [1.29, 1.82) is 0 Å². The van der Waals surface area contributed by atoms with Crippen molar-refractivity contribution in [2.75, 3.05) is 31.1 Å². The molecule has 7 nitrogen and oxygen atoms in total. The van der Waals surface area contributed by atoms with Crippen molar-refractivity contribution in [2.24, 2.45) is 0 Å². The molecule has 0 bridgehead atoms. The molecule has 2 heterocycles. The molecule has 0 spiro atoms. The number of fused-ring (bicyclic) bond motifs is 1. The quantitative estimate of drug-likeness (QED) is 0.446. The molecule has 144 valence electrons. The van der Waals surface area contributed by atoms with Crippen molar-refractivity contribution < 1.29 is 9.72 Å². The molecule has 0 radical (unpaired) electrons. The number of nitro benzene ring substituents is 1. The maximum absolute atomic E-state index is 12.7. The molecule has 4 rings (SSSR count). The molecule has 1 amide bonds. The standard InChI is InChI=1S/C18H14Cl2N4O3S/c19-11-1-3-13(14(20)9-11)17(25)22-5-7-23(8-6-22)18-21-15-4-2-12(24(26)27)10-16(15)28-18/h1-4,9-10H,5-8H2. The number of hydrogen-bond donors (Lipinski definition) is 0. The van der Waals surface area contributed by atoms with Crippen LogP contribution in [0.3, 0.4) is 0 Å². The monoisotopic (exact) mass is 436 g/mol. The first-order valence-corrected chi connectivity index (χ1v) is 10.0. The van der Waals surface area contributed by atoms with E-state index in [2.05, 4.69) is 9.88 Å². The van der Waals surface area contributed by atoms with E-state index in [-0.39, 0.29) is 11.6 Å². The zero-order valence-corrected chi connectivity index (χ0v) is 16.8. The number of halogens is 2. The van der Waals surface area contributed by atoms with Crippen molar-refractivity contribution >= 4 is 61.5 Å². The van der Waals surface area contributed by atoms with Gasteiger partial charge in [-0.25, -0.2) is 4.98 Å². The number of hydrogen-bond acceptors (Lipinski definition) is 6. The van der Waals surface area contributed by atoms with Gasteiger partial charge < -0.3 is 9.80 Å². The van der Waals surface area contributed by atoms with Crippen LogP contribution in [0.25, 0.3) is 10.2 Å². The summed E-state index contributed by atoms with van der Waals surface area (Å²) in [5, 5.41) is 12.6. The van der Waals surface area contributed by atoms with Crippen LogP contribution in [-0.2, 0) is 0 Å². The molecule has 1 aliphatic heterocycles. The summed E-state index contributed by atoms with van der Waals surface area (Å²) in [5.74, 6) is -0.124. The number of non-ortho nitro benzene ring substituents is 1. The van der Waals surface area contributed by atoms with Crippen LogP contribution in [0.1, 0.15) is 10.4 Å². The Hall–Kier alpha value is -2.42. The molecule has 0 unspecified atom stereocenters. The molecule has 0 N–H and O–H groups in total. The van der Waals surface area contributed by atoms with Crippen molar-refractivity contribution in [3.8, 4) is 0 Å². The normalized spacial score (nSPS) is 14.5. The van der Waals surface area contributed by atoms with Gasteiger partial charge in [-0.05, 0) is 24.3 Å². The van der Waals surface area contributed by atoms with Gasteiger partial charge in [0.1, 0.15) is 0 Å². The number of nitrogens with zero attached hydrogens (tertiary/aromatic N) is 4.